The van der Waals surface area contributed by atoms with Gasteiger partial charge >= 0.3 is 0 Å². The summed E-state index contributed by atoms with van der Waals surface area (Å²) in [5.74, 6) is 0.540. The van der Waals surface area contributed by atoms with Crippen molar-refractivity contribution in [2.75, 3.05) is 0 Å². The van der Waals surface area contributed by atoms with Crippen molar-refractivity contribution in [2.45, 2.75) is 82.3 Å². The van der Waals surface area contributed by atoms with Gasteiger partial charge in [-0.2, -0.15) is 0 Å². The largest absolute Gasteiger partial charge is 0.327 e. The van der Waals surface area contributed by atoms with E-state index in [1.54, 1.807) is 0 Å². The predicted molar refractivity (Wildman–Crippen MR) is 77.3 cm³/mol. The maximum Gasteiger partial charge on any atom is 0.157 e. The van der Waals surface area contributed by atoms with Gasteiger partial charge in [0.1, 0.15) is 0 Å². The second-order valence-electron chi connectivity index (χ2n) is 5.88. The molecule has 1 aliphatic rings. The maximum absolute atomic E-state index is 12.7. The first-order valence-electron chi connectivity index (χ1n) is 7.41. The lowest BCUT2D eigenvalue weighted by Crippen LogP contribution is -2.45. The van der Waals surface area contributed by atoms with E-state index in [1.807, 2.05) is 6.92 Å². The summed E-state index contributed by atoms with van der Waals surface area (Å²) in [5.41, 5.74) is 6.09. The van der Waals surface area contributed by atoms with E-state index in [0.717, 1.165) is 32.1 Å². The summed E-state index contributed by atoms with van der Waals surface area (Å²) in [5, 5.41) is -0.484. The van der Waals surface area contributed by atoms with Gasteiger partial charge in [0.05, 0.1) is 10.5 Å². The lowest BCUT2D eigenvalue weighted by atomic mass is 9.90. The SMILES string of the molecule is CCCC(N)C(CC)S(=O)(=O)C1CCCC(C)C1. The number of sulfone groups is 1. The quantitative estimate of drug-likeness (QED) is 0.811. The molecule has 1 rings (SSSR count). The molecule has 1 fully saturated rings. The highest BCUT2D eigenvalue weighted by Crippen LogP contribution is 2.32. The maximum atomic E-state index is 12.7. The van der Waals surface area contributed by atoms with Crippen LogP contribution in [0.1, 0.15) is 65.7 Å². The lowest BCUT2D eigenvalue weighted by molar-refractivity contribution is 0.377. The van der Waals surface area contributed by atoms with E-state index in [2.05, 4.69) is 13.8 Å². The third-order valence-electron chi connectivity index (χ3n) is 4.28. The van der Waals surface area contributed by atoms with Gasteiger partial charge in [0.25, 0.3) is 0 Å². The van der Waals surface area contributed by atoms with E-state index in [1.165, 1.54) is 6.42 Å². The Hall–Kier alpha value is -0.0900. The number of rotatable bonds is 6. The van der Waals surface area contributed by atoms with Crippen LogP contribution in [0.2, 0.25) is 0 Å². The van der Waals surface area contributed by atoms with Crippen molar-refractivity contribution in [3.05, 3.63) is 0 Å². The fourth-order valence-corrected chi connectivity index (χ4v) is 5.90. The molecule has 4 atom stereocenters. The van der Waals surface area contributed by atoms with Crippen molar-refractivity contribution < 1.29 is 8.42 Å². The minimum atomic E-state index is -3.05. The van der Waals surface area contributed by atoms with Crippen LogP contribution in [0.25, 0.3) is 0 Å². The van der Waals surface area contributed by atoms with E-state index in [4.69, 9.17) is 5.73 Å². The highest BCUT2D eigenvalue weighted by atomic mass is 32.2. The molecule has 0 radical (unpaired) electrons. The van der Waals surface area contributed by atoms with E-state index in [0.29, 0.717) is 12.3 Å². The van der Waals surface area contributed by atoms with Crippen LogP contribution in [0.5, 0.6) is 0 Å². The molecule has 18 heavy (non-hydrogen) atoms. The Bertz CT molecular complexity index is 340. The summed E-state index contributed by atoms with van der Waals surface area (Å²) in [6.07, 6.45) is 6.29. The standard InChI is InChI=1S/C14H29NO2S/c1-4-7-13(15)14(5-2)18(16,17)12-9-6-8-11(3)10-12/h11-14H,4-10,15H2,1-3H3. The lowest BCUT2D eigenvalue weighted by Gasteiger charge is -2.32. The van der Waals surface area contributed by atoms with Crippen molar-refractivity contribution in [3.8, 4) is 0 Å². The number of hydrogen-bond acceptors (Lipinski definition) is 3. The summed E-state index contributed by atoms with van der Waals surface area (Å²) in [6.45, 7) is 6.17. The normalized spacial score (nSPS) is 28.9. The summed E-state index contributed by atoms with van der Waals surface area (Å²) < 4.78 is 25.4. The van der Waals surface area contributed by atoms with E-state index in [9.17, 15) is 8.42 Å². The Morgan fingerprint density at radius 3 is 2.44 bits per heavy atom. The Labute approximate surface area is 112 Å². The van der Waals surface area contributed by atoms with Gasteiger partial charge in [0.2, 0.25) is 0 Å². The average molecular weight is 275 g/mol. The first-order valence-corrected chi connectivity index (χ1v) is 9.02. The van der Waals surface area contributed by atoms with Crippen LogP contribution in [0.4, 0.5) is 0 Å². The van der Waals surface area contributed by atoms with Crippen LogP contribution < -0.4 is 5.73 Å². The first kappa shape index (κ1) is 16.0. The Balaban J connectivity index is 2.81. The van der Waals surface area contributed by atoms with Crippen molar-refractivity contribution in [1.82, 2.24) is 0 Å². The second-order valence-corrected chi connectivity index (χ2v) is 8.33. The zero-order valence-corrected chi connectivity index (χ0v) is 12.9. The van der Waals surface area contributed by atoms with Gasteiger partial charge in [-0.25, -0.2) is 8.42 Å². The Morgan fingerprint density at radius 1 is 1.28 bits per heavy atom. The third kappa shape index (κ3) is 3.70. The molecule has 0 aromatic carbocycles. The molecule has 0 amide bonds. The molecule has 0 bridgehead atoms. The molecular weight excluding hydrogens is 246 g/mol. The van der Waals surface area contributed by atoms with Gasteiger partial charge in [-0.15, -0.1) is 0 Å². The van der Waals surface area contributed by atoms with Gasteiger partial charge < -0.3 is 5.73 Å². The van der Waals surface area contributed by atoms with Crippen LogP contribution in [0.15, 0.2) is 0 Å². The zero-order chi connectivity index (χ0) is 13.8. The molecule has 0 spiro atoms. The van der Waals surface area contributed by atoms with Crippen LogP contribution >= 0.6 is 0 Å². The Kier molecular flexibility index (Phi) is 6.12. The summed E-state index contributed by atoms with van der Waals surface area (Å²) in [7, 11) is -3.05. The predicted octanol–water partition coefficient (Wildman–Crippen LogP) is 2.89. The molecule has 0 aromatic rings. The Morgan fingerprint density at radius 2 is 1.94 bits per heavy atom. The summed E-state index contributed by atoms with van der Waals surface area (Å²) >= 11 is 0. The minimum Gasteiger partial charge on any atom is -0.327 e. The smallest absolute Gasteiger partial charge is 0.157 e. The fourth-order valence-electron chi connectivity index (χ4n) is 3.22. The molecule has 2 N–H and O–H groups in total. The molecule has 4 heteroatoms. The minimum absolute atomic E-state index is 0.144. The van der Waals surface area contributed by atoms with E-state index in [-0.39, 0.29) is 16.5 Å². The molecule has 1 aliphatic carbocycles. The highest BCUT2D eigenvalue weighted by molar-refractivity contribution is 7.92. The van der Waals surface area contributed by atoms with Crippen LogP contribution in [0, 0.1) is 5.92 Å². The molecule has 3 nitrogen and oxygen atoms in total. The fraction of sp³-hybridized carbons (Fsp3) is 1.00. The zero-order valence-electron chi connectivity index (χ0n) is 12.1. The molecule has 108 valence electrons. The second kappa shape index (κ2) is 6.90. The van der Waals surface area contributed by atoms with Gasteiger partial charge in [-0.3, -0.25) is 0 Å². The molecule has 0 heterocycles. The third-order valence-corrected chi connectivity index (χ3v) is 7.16. The topological polar surface area (TPSA) is 60.2 Å². The van der Waals surface area contributed by atoms with E-state index < -0.39 is 9.84 Å². The van der Waals surface area contributed by atoms with E-state index >= 15 is 0 Å². The molecule has 0 saturated heterocycles. The molecule has 0 aromatic heterocycles. The molecular formula is C14H29NO2S. The van der Waals surface area contributed by atoms with Crippen molar-refractivity contribution in [3.63, 3.8) is 0 Å². The summed E-state index contributed by atoms with van der Waals surface area (Å²) in [6, 6.07) is -0.192. The summed E-state index contributed by atoms with van der Waals surface area (Å²) in [4.78, 5) is 0. The van der Waals surface area contributed by atoms with Gasteiger partial charge in [0.15, 0.2) is 9.84 Å². The molecule has 1 saturated carbocycles. The highest BCUT2D eigenvalue weighted by Gasteiger charge is 2.37. The van der Waals surface area contributed by atoms with Gasteiger partial charge in [-0.05, 0) is 31.6 Å². The van der Waals surface area contributed by atoms with Crippen LogP contribution in [-0.2, 0) is 9.84 Å². The van der Waals surface area contributed by atoms with Crippen LogP contribution in [0.3, 0.4) is 0 Å². The molecule has 4 unspecified atom stereocenters. The monoisotopic (exact) mass is 275 g/mol. The van der Waals surface area contributed by atoms with Crippen molar-refractivity contribution in [2.24, 2.45) is 11.7 Å². The van der Waals surface area contributed by atoms with Gasteiger partial charge in [0, 0.05) is 6.04 Å². The van der Waals surface area contributed by atoms with Crippen LogP contribution in [-0.4, -0.2) is 25.0 Å². The van der Waals surface area contributed by atoms with Gasteiger partial charge in [-0.1, -0.05) is 40.0 Å². The number of nitrogens with two attached hydrogens (primary N) is 1. The molecule has 0 aliphatic heterocycles. The average Bonchev–Trinajstić information content (AvgIpc) is 2.30. The first-order chi connectivity index (χ1) is 8.43. The van der Waals surface area contributed by atoms with Crippen molar-refractivity contribution >= 4 is 9.84 Å². The van der Waals surface area contributed by atoms with Crippen molar-refractivity contribution in [1.29, 1.82) is 0 Å². The number of hydrogen-bond donors (Lipinski definition) is 1.